The Morgan fingerprint density at radius 2 is 1.65 bits per heavy atom. The number of benzene rings is 3. The minimum atomic E-state index is -4.14. The smallest absolute Gasteiger partial charge is 0.264 e. The second kappa shape index (κ2) is 12.9. The van der Waals surface area contributed by atoms with Crippen molar-refractivity contribution in [2.75, 3.05) is 10.8 Å². The van der Waals surface area contributed by atoms with Crippen LogP contribution in [0.15, 0.2) is 77.7 Å². The number of aryl methyl sites for hydroxylation is 1. The Kier molecular flexibility index (Phi) is 9.53. The van der Waals surface area contributed by atoms with Crippen molar-refractivity contribution in [1.82, 2.24) is 10.2 Å². The van der Waals surface area contributed by atoms with Gasteiger partial charge in [-0.1, -0.05) is 78.5 Å². The Labute approximate surface area is 242 Å². The summed E-state index contributed by atoms with van der Waals surface area (Å²) < 4.78 is 28.9. The van der Waals surface area contributed by atoms with Crippen LogP contribution >= 0.6 is 11.6 Å². The zero-order valence-electron chi connectivity index (χ0n) is 23.1. The molecular formula is C31H36ClN3O4S. The van der Waals surface area contributed by atoms with E-state index in [0.717, 1.165) is 41.1 Å². The average molecular weight is 582 g/mol. The summed E-state index contributed by atoms with van der Waals surface area (Å²) in [6.45, 7) is 5.04. The number of carbonyl (C=O) groups is 2. The molecule has 1 aliphatic carbocycles. The predicted molar refractivity (Wildman–Crippen MR) is 159 cm³/mol. The van der Waals surface area contributed by atoms with Crippen LogP contribution in [-0.2, 0) is 26.2 Å². The van der Waals surface area contributed by atoms with Crippen LogP contribution in [0.5, 0.6) is 0 Å². The van der Waals surface area contributed by atoms with Gasteiger partial charge >= 0.3 is 0 Å². The molecule has 1 atom stereocenters. The summed E-state index contributed by atoms with van der Waals surface area (Å²) in [4.78, 5) is 28.9. The highest BCUT2D eigenvalue weighted by molar-refractivity contribution is 7.92. The van der Waals surface area contributed by atoms with Crippen molar-refractivity contribution in [3.05, 3.63) is 94.5 Å². The molecule has 0 spiro atoms. The van der Waals surface area contributed by atoms with Crippen LogP contribution in [0, 0.1) is 13.8 Å². The standard InChI is InChI=1S/C31H36ClN3O4S/c1-22-11-9-12-25(19-22)20-34(24(3)31(37)33-26-13-7-8-14-26)30(36)21-35(29-18-10-17-28(32)23(29)2)40(38,39)27-15-5-4-6-16-27/h4-6,9-12,15-19,24,26H,7-8,13-14,20-21H2,1-3H3,(H,33,37)/t24-/m1/s1. The van der Waals surface area contributed by atoms with Crippen LogP contribution in [0.4, 0.5) is 5.69 Å². The molecule has 40 heavy (non-hydrogen) atoms. The number of nitrogens with one attached hydrogen (secondary N) is 1. The topological polar surface area (TPSA) is 86.8 Å². The number of sulfonamides is 1. The van der Waals surface area contributed by atoms with Crippen molar-refractivity contribution >= 4 is 39.1 Å². The maximum atomic E-state index is 14.1. The summed E-state index contributed by atoms with van der Waals surface area (Å²) >= 11 is 6.38. The Bertz CT molecular complexity index is 1460. The Hall–Kier alpha value is -3.36. The second-order valence-corrected chi connectivity index (χ2v) is 12.7. The van der Waals surface area contributed by atoms with Gasteiger partial charge in [-0.05, 0) is 69.0 Å². The molecule has 0 unspecified atom stereocenters. The monoisotopic (exact) mass is 581 g/mol. The molecule has 0 bridgehead atoms. The molecule has 1 aliphatic rings. The largest absolute Gasteiger partial charge is 0.352 e. The zero-order valence-corrected chi connectivity index (χ0v) is 24.7. The number of halogens is 1. The first-order chi connectivity index (χ1) is 19.1. The van der Waals surface area contributed by atoms with E-state index >= 15 is 0 Å². The van der Waals surface area contributed by atoms with Crippen LogP contribution in [-0.4, -0.2) is 43.8 Å². The molecule has 0 heterocycles. The fourth-order valence-electron chi connectivity index (χ4n) is 5.08. The van der Waals surface area contributed by atoms with Gasteiger partial charge in [0.15, 0.2) is 0 Å². The lowest BCUT2D eigenvalue weighted by Gasteiger charge is -2.33. The SMILES string of the molecule is Cc1cccc(CN(C(=O)CN(c2cccc(Cl)c2C)S(=O)(=O)c2ccccc2)[C@H](C)C(=O)NC2CCCC2)c1. The van der Waals surface area contributed by atoms with Gasteiger partial charge in [-0.15, -0.1) is 0 Å². The van der Waals surface area contributed by atoms with Gasteiger partial charge in [-0.3, -0.25) is 13.9 Å². The molecule has 3 aromatic carbocycles. The van der Waals surface area contributed by atoms with Gasteiger partial charge in [0.1, 0.15) is 12.6 Å². The Morgan fingerprint density at radius 1 is 0.975 bits per heavy atom. The lowest BCUT2D eigenvalue weighted by atomic mass is 10.1. The average Bonchev–Trinajstić information content (AvgIpc) is 3.45. The number of carbonyl (C=O) groups excluding carboxylic acids is 2. The van der Waals surface area contributed by atoms with Crippen molar-refractivity contribution in [3.8, 4) is 0 Å². The normalized spacial score (nSPS) is 14.5. The highest BCUT2D eigenvalue weighted by Gasteiger charge is 2.34. The van der Waals surface area contributed by atoms with Gasteiger partial charge in [-0.2, -0.15) is 0 Å². The fourth-order valence-corrected chi connectivity index (χ4v) is 6.74. The van der Waals surface area contributed by atoms with E-state index in [-0.39, 0.29) is 23.4 Å². The van der Waals surface area contributed by atoms with Crippen LogP contribution in [0.25, 0.3) is 0 Å². The molecule has 0 aliphatic heterocycles. The number of anilines is 1. The van der Waals surface area contributed by atoms with Gasteiger partial charge in [0.05, 0.1) is 10.6 Å². The van der Waals surface area contributed by atoms with Crippen LogP contribution in [0.1, 0.15) is 49.3 Å². The first-order valence-corrected chi connectivity index (χ1v) is 15.4. The second-order valence-electron chi connectivity index (χ2n) is 10.4. The maximum Gasteiger partial charge on any atom is 0.264 e. The third-order valence-electron chi connectivity index (χ3n) is 7.42. The number of rotatable bonds is 10. The van der Waals surface area contributed by atoms with E-state index in [4.69, 9.17) is 11.6 Å². The number of amides is 2. The van der Waals surface area contributed by atoms with E-state index in [1.807, 2.05) is 31.2 Å². The van der Waals surface area contributed by atoms with E-state index in [9.17, 15) is 18.0 Å². The summed E-state index contributed by atoms with van der Waals surface area (Å²) in [6, 6.07) is 20.0. The minimum absolute atomic E-state index is 0.0550. The van der Waals surface area contributed by atoms with Crippen LogP contribution < -0.4 is 9.62 Å². The van der Waals surface area contributed by atoms with Crippen LogP contribution in [0.3, 0.4) is 0 Å². The lowest BCUT2D eigenvalue weighted by Crippen LogP contribution is -2.52. The molecule has 0 saturated heterocycles. The van der Waals surface area contributed by atoms with E-state index in [1.54, 1.807) is 50.2 Å². The van der Waals surface area contributed by atoms with E-state index in [2.05, 4.69) is 5.32 Å². The van der Waals surface area contributed by atoms with Gasteiger partial charge in [0.2, 0.25) is 11.8 Å². The lowest BCUT2D eigenvalue weighted by molar-refractivity contribution is -0.139. The number of hydrogen-bond acceptors (Lipinski definition) is 4. The zero-order chi connectivity index (χ0) is 28.9. The van der Waals surface area contributed by atoms with Gasteiger partial charge in [0, 0.05) is 17.6 Å². The molecule has 0 aromatic heterocycles. The molecule has 0 radical (unpaired) electrons. The van der Waals surface area contributed by atoms with Gasteiger partial charge in [-0.25, -0.2) is 8.42 Å². The Balaban J connectivity index is 1.71. The van der Waals surface area contributed by atoms with Crippen molar-refractivity contribution in [1.29, 1.82) is 0 Å². The molecule has 1 N–H and O–H groups in total. The molecule has 4 rings (SSSR count). The quantitative estimate of drug-likeness (QED) is 0.336. The molecule has 7 nitrogen and oxygen atoms in total. The number of nitrogens with zero attached hydrogens (tertiary/aromatic N) is 2. The van der Waals surface area contributed by atoms with Crippen molar-refractivity contribution in [2.45, 2.75) is 70.0 Å². The molecule has 9 heteroatoms. The number of hydrogen-bond donors (Lipinski definition) is 1. The van der Waals surface area contributed by atoms with Gasteiger partial charge in [0.25, 0.3) is 10.0 Å². The third-order valence-corrected chi connectivity index (χ3v) is 9.61. The summed E-state index contributed by atoms with van der Waals surface area (Å²) in [5.74, 6) is -0.737. The molecule has 3 aromatic rings. The Morgan fingerprint density at radius 3 is 2.33 bits per heavy atom. The fraction of sp³-hybridized carbons (Fsp3) is 0.355. The van der Waals surface area contributed by atoms with E-state index in [0.29, 0.717) is 16.3 Å². The van der Waals surface area contributed by atoms with E-state index in [1.165, 1.54) is 17.0 Å². The minimum Gasteiger partial charge on any atom is -0.352 e. The third kappa shape index (κ3) is 6.85. The highest BCUT2D eigenvalue weighted by Crippen LogP contribution is 2.31. The molecule has 212 valence electrons. The summed E-state index contributed by atoms with van der Waals surface area (Å²) in [7, 11) is -4.14. The van der Waals surface area contributed by atoms with E-state index < -0.39 is 28.5 Å². The summed E-state index contributed by atoms with van der Waals surface area (Å²) in [5.41, 5.74) is 2.72. The maximum absolute atomic E-state index is 14.1. The van der Waals surface area contributed by atoms with Gasteiger partial charge < -0.3 is 10.2 Å². The molecule has 1 fully saturated rings. The molecular weight excluding hydrogens is 546 g/mol. The predicted octanol–water partition coefficient (Wildman–Crippen LogP) is 5.63. The molecule has 2 amide bonds. The van der Waals surface area contributed by atoms with Crippen LogP contribution in [0.2, 0.25) is 5.02 Å². The van der Waals surface area contributed by atoms with Crippen molar-refractivity contribution in [2.24, 2.45) is 0 Å². The van der Waals surface area contributed by atoms with Crippen molar-refractivity contribution in [3.63, 3.8) is 0 Å². The first kappa shape index (κ1) is 29.6. The summed E-state index contributed by atoms with van der Waals surface area (Å²) in [5, 5.41) is 3.47. The highest BCUT2D eigenvalue weighted by atomic mass is 35.5. The summed E-state index contributed by atoms with van der Waals surface area (Å²) in [6.07, 6.45) is 3.97. The molecule has 1 saturated carbocycles. The van der Waals surface area contributed by atoms with Crippen molar-refractivity contribution < 1.29 is 18.0 Å². The first-order valence-electron chi connectivity index (χ1n) is 13.6.